The first-order chi connectivity index (χ1) is 9.97. The summed E-state index contributed by atoms with van der Waals surface area (Å²) in [6.07, 6.45) is 3.41. The molecule has 1 saturated heterocycles. The van der Waals surface area contributed by atoms with Gasteiger partial charge in [-0.3, -0.25) is 14.9 Å². The van der Waals surface area contributed by atoms with E-state index in [-0.39, 0.29) is 11.6 Å². The van der Waals surface area contributed by atoms with Gasteiger partial charge in [-0.05, 0) is 31.2 Å². The van der Waals surface area contributed by atoms with Gasteiger partial charge in [0.2, 0.25) is 5.91 Å². The minimum absolute atomic E-state index is 0.0167. The van der Waals surface area contributed by atoms with Crippen molar-refractivity contribution in [2.45, 2.75) is 26.7 Å². The number of pyridine rings is 1. The summed E-state index contributed by atoms with van der Waals surface area (Å²) in [7, 11) is 0. The van der Waals surface area contributed by atoms with Crippen LogP contribution in [0.3, 0.4) is 0 Å². The molecule has 7 heteroatoms. The van der Waals surface area contributed by atoms with Crippen LogP contribution in [0.2, 0.25) is 0 Å². The molecule has 2 heterocycles. The zero-order valence-electron chi connectivity index (χ0n) is 12.3. The first-order valence-electron chi connectivity index (χ1n) is 7.08. The van der Waals surface area contributed by atoms with Crippen molar-refractivity contribution in [2.24, 2.45) is 5.92 Å². The van der Waals surface area contributed by atoms with Gasteiger partial charge in [-0.1, -0.05) is 0 Å². The second-order valence-corrected chi connectivity index (χ2v) is 5.48. The van der Waals surface area contributed by atoms with Crippen LogP contribution in [-0.2, 0) is 4.79 Å². The number of carbonyl (C=O) groups is 1. The van der Waals surface area contributed by atoms with Crippen LogP contribution in [0.15, 0.2) is 12.3 Å². The quantitative estimate of drug-likeness (QED) is 0.673. The molecule has 1 aromatic rings. The van der Waals surface area contributed by atoms with Gasteiger partial charge in [0, 0.05) is 32.6 Å². The van der Waals surface area contributed by atoms with E-state index in [1.807, 2.05) is 6.92 Å². The highest BCUT2D eigenvalue weighted by atomic mass is 16.6. The monoisotopic (exact) mass is 292 g/mol. The van der Waals surface area contributed by atoms with E-state index < -0.39 is 4.92 Å². The highest BCUT2D eigenvalue weighted by molar-refractivity contribution is 5.72. The number of anilines is 1. The minimum atomic E-state index is -0.431. The van der Waals surface area contributed by atoms with E-state index in [0.29, 0.717) is 12.5 Å². The van der Waals surface area contributed by atoms with E-state index in [4.69, 9.17) is 0 Å². The number of rotatable bonds is 4. The molecule has 1 amide bonds. The maximum absolute atomic E-state index is 11.0. The molecule has 1 aromatic heterocycles. The Bertz CT molecular complexity index is 547. The number of carbonyl (C=O) groups excluding carboxylic acids is 1. The lowest BCUT2D eigenvalue weighted by molar-refractivity contribution is -0.385. The summed E-state index contributed by atoms with van der Waals surface area (Å²) < 4.78 is 0. The number of aryl methyl sites for hydroxylation is 1. The number of aromatic nitrogens is 1. The summed E-state index contributed by atoms with van der Waals surface area (Å²) in [6, 6.07) is 1.56. The summed E-state index contributed by atoms with van der Waals surface area (Å²) in [5.41, 5.74) is 0.826. The van der Waals surface area contributed by atoms with Crippen molar-refractivity contribution in [1.82, 2.24) is 10.3 Å². The van der Waals surface area contributed by atoms with E-state index in [9.17, 15) is 14.9 Å². The van der Waals surface area contributed by atoms with Gasteiger partial charge in [0.15, 0.2) is 0 Å². The Morgan fingerprint density at radius 2 is 2.38 bits per heavy atom. The number of hydrogen-bond donors (Lipinski definition) is 1. The van der Waals surface area contributed by atoms with Crippen molar-refractivity contribution in [1.29, 1.82) is 0 Å². The predicted molar refractivity (Wildman–Crippen MR) is 79.2 cm³/mol. The molecule has 1 aliphatic rings. The summed E-state index contributed by atoms with van der Waals surface area (Å²) in [5.74, 6) is 1.17. The molecule has 0 bridgehead atoms. The summed E-state index contributed by atoms with van der Waals surface area (Å²) >= 11 is 0. The molecule has 1 atom stereocenters. The second kappa shape index (κ2) is 6.51. The normalized spacial score (nSPS) is 18.4. The van der Waals surface area contributed by atoms with E-state index >= 15 is 0 Å². The molecule has 1 unspecified atom stereocenters. The summed E-state index contributed by atoms with van der Waals surface area (Å²) in [6.45, 7) is 5.72. The molecule has 1 fully saturated rings. The Labute approximate surface area is 123 Å². The Balaban J connectivity index is 2.07. The smallest absolute Gasteiger partial charge is 0.287 e. The van der Waals surface area contributed by atoms with Crippen molar-refractivity contribution in [3.63, 3.8) is 0 Å². The van der Waals surface area contributed by atoms with E-state index in [0.717, 1.165) is 37.3 Å². The van der Waals surface area contributed by atoms with E-state index in [2.05, 4.69) is 15.2 Å². The molecule has 2 rings (SSSR count). The van der Waals surface area contributed by atoms with E-state index in [1.54, 1.807) is 6.07 Å². The van der Waals surface area contributed by atoms with Gasteiger partial charge in [0.1, 0.15) is 12.0 Å². The highest BCUT2D eigenvalue weighted by Crippen LogP contribution is 2.26. The molecule has 0 aromatic carbocycles. The average molecular weight is 292 g/mol. The van der Waals surface area contributed by atoms with Crippen LogP contribution in [0, 0.1) is 23.0 Å². The molecule has 7 nitrogen and oxygen atoms in total. The Hall–Kier alpha value is -2.18. The fourth-order valence-electron chi connectivity index (χ4n) is 2.70. The van der Waals surface area contributed by atoms with Crippen LogP contribution in [0.1, 0.15) is 25.3 Å². The molecule has 114 valence electrons. The van der Waals surface area contributed by atoms with Crippen molar-refractivity contribution >= 4 is 17.4 Å². The topological polar surface area (TPSA) is 88.4 Å². The second-order valence-electron chi connectivity index (χ2n) is 5.48. The number of nitro groups is 1. The fraction of sp³-hybridized carbons (Fsp3) is 0.571. The van der Waals surface area contributed by atoms with Gasteiger partial charge >= 0.3 is 0 Å². The maximum Gasteiger partial charge on any atom is 0.287 e. The summed E-state index contributed by atoms with van der Waals surface area (Å²) in [4.78, 5) is 27.7. The van der Waals surface area contributed by atoms with Gasteiger partial charge in [-0.15, -0.1) is 0 Å². The van der Waals surface area contributed by atoms with Crippen molar-refractivity contribution in [2.75, 3.05) is 24.5 Å². The SMILES string of the molecule is CC(=O)NCC1CCCN(c2ncc([N+](=O)[O-])cc2C)C1. The van der Waals surface area contributed by atoms with Crippen LogP contribution in [0.25, 0.3) is 0 Å². The van der Waals surface area contributed by atoms with Crippen LogP contribution >= 0.6 is 0 Å². The lowest BCUT2D eigenvalue weighted by Gasteiger charge is -2.34. The van der Waals surface area contributed by atoms with Gasteiger partial charge in [0.05, 0.1) is 4.92 Å². The molecule has 1 N–H and O–H groups in total. The Morgan fingerprint density at radius 1 is 1.62 bits per heavy atom. The average Bonchev–Trinajstić information content (AvgIpc) is 2.45. The first kappa shape index (κ1) is 15.2. The minimum Gasteiger partial charge on any atom is -0.356 e. The number of nitrogens with zero attached hydrogens (tertiary/aromatic N) is 3. The van der Waals surface area contributed by atoms with Gasteiger partial charge in [-0.25, -0.2) is 4.98 Å². The van der Waals surface area contributed by atoms with Crippen LogP contribution < -0.4 is 10.2 Å². The molecular weight excluding hydrogens is 272 g/mol. The van der Waals surface area contributed by atoms with Crippen LogP contribution in [0.5, 0.6) is 0 Å². The molecular formula is C14H20N4O3. The maximum atomic E-state index is 11.0. The third-order valence-electron chi connectivity index (χ3n) is 3.71. The van der Waals surface area contributed by atoms with E-state index in [1.165, 1.54) is 13.1 Å². The van der Waals surface area contributed by atoms with Crippen molar-refractivity contribution in [3.8, 4) is 0 Å². The van der Waals surface area contributed by atoms with Gasteiger partial charge in [-0.2, -0.15) is 0 Å². The lowest BCUT2D eigenvalue weighted by Crippen LogP contribution is -2.41. The largest absolute Gasteiger partial charge is 0.356 e. The molecule has 21 heavy (non-hydrogen) atoms. The molecule has 0 saturated carbocycles. The number of nitrogens with one attached hydrogen (secondary N) is 1. The zero-order chi connectivity index (χ0) is 15.4. The van der Waals surface area contributed by atoms with Crippen molar-refractivity contribution in [3.05, 3.63) is 27.9 Å². The fourth-order valence-corrected chi connectivity index (χ4v) is 2.70. The molecule has 0 aliphatic carbocycles. The Kier molecular flexibility index (Phi) is 4.72. The molecule has 0 radical (unpaired) electrons. The Morgan fingerprint density at radius 3 is 3.00 bits per heavy atom. The standard InChI is InChI=1S/C14H20N4O3/c1-10-6-13(18(20)21)8-16-14(10)17-5-3-4-12(9-17)7-15-11(2)19/h6,8,12H,3-5,7,9H2,1-2H3,(H,15,19). The zero-order valence-corrected chi connectivity index (χ0v) is 12.3. The van der Waals surface area contributed by atoms with Gasteiger partial charge in [0.25, 0.3) is 5.69 Å². The van der Waals surface area contributed by atoms with Crippen molar-refractivity contribution < 1.29 is 9.72 Å². The number of amides is 1. The predicted octanol–water partition coefficient (Wildman–Crippen LogP) is 1.65. The number of piperidine rings is 1. The molecule has 0 spiro atoms. The van der Waals surface area contributed by atoms with Gasteiger partial charge < -0.3 is 10.2 Å². The molecule has 1 aliphatic heterocycles. The first-order valence-corrected chi connectivity index (χ1v) is 7.08. The van der Waals surface area contributed by atoms with Crippen LogP contribution in [0.4, 0.5) is 11.5 Å². The third-order valence-corrected chi connectivity index (χ3v) is 3.71. The lowest BCUT2D eigenvalue weighted by atomic mass is 9.97. The van der Waals surface area contributed by atoms with Crippen LogP contribution in [-0.4, -0.2) is 35.4 Å². The third kappa shape index (κ3) is 3.90. The number of hydrogen-bond acceptors (Lipinski definition) is 5. The summed E-state index contributed by atoms with van der Waals surface area (Å²) in [5, 5.41) is 13.6. The highest BCUT2D eigenvalue weighted by Gasteiger charge is 2.23.